The molecule has 41 heavy (non-hydrogen) atoms. The standard InChI is InChI=1S/C31H38ClN3O5S/c1-5-7-20-33-31(37)28(6-2)34(21-24-14-16-25(40-4)17-15-24)30(36)22-35(29-11-9-8-10-27(29)32)41(38,39)26-18-12-23(3)13-19-26/h8-19,28H,5-7,20-22H2,1-4H3,(H,33,37)/t28-/m0/s1. The number of benzene rings is 3. The van der Waals surface area contributed by atoms with E-state index in [4.69, 9.17) is 16.3 Å². The monoisotopic (exact) mass is 599 g/mol. The molecule has 2 amide bonds. The van der Waals surface area contributed by atoms with E-state index in [2.05, 4.69) is 5.32 Å². The van der Waals surface area contributed by atoms with Crippen LogP contribution >= 0.6 is 11.6 Å². The summed E-state index contributed by atoms with van der Waals surface area (Å²) in [6.07, 6.45) is 2.07. The summed E-state index contributed by atoms with van der Waals surface area (Å²) in [5.74, 6) is -0.160. The summed E-state index contributed by atoms with van der Waals surface area (Å²) < 4.78 is 34.1. The highest BCUT2D eigenvalue weighted by Crippen LogP contribution is 2.31. The minimum absolute atomic E-state index is 0.0295. The predicted molar refractivity (Wildman–Crippen MR) is 163 cm³/mol. The van der Waals surface area contributed by atoms with Crippen molar-refractivity contribution in [2.24, 2.45) is 0 Å². The molecular formula is C31H38ClN3O5S. The van der Waals surface area contributed by atoms with Gasteiger partial charge in [0.15, 0.2) is 0 Å². The zero-order valence-corrected chi connectivity index (χ0v) is 25.5. The van der Waals surface area contributed by atoms with Crippen molar-refractivity contribution < 1.29 is 22.7 Å². The number of rotatable bonds is 14. The first-order valence-corrected chi connectivity index (χ1v) is 15.5. The third-order valence-corrected chi connectivity index (χ3v) is 8.83. The number of nitrogens with zero attached hydrogens (tertiary/aromatic N) is 2. The van der Waals surface area contributed by atoms with E-state index in [9.17, 15) is 18.0 Å². The topological polar surface area (TPSA) is 96.0 Å². The van der Waals surface area contributed by atoms with E-state index in [0.29, 0.717) is 18.7 Å². The zero-order valence-electron chi connectivity index (χ0n) is 24.0. The first-order valence-electron chi connectivity index (χ1n) is 13.7. The second-order valence-corrected chi connectivity index (χ2v) is 12.0. The normalized spacial score (nSPS) is 11.9. The highest BCUT2D eigenvalue weighted by atomic mass is 35.5. The van der Waals surface area contributed by atoms with Crippen molar-refractivity contribution in [3.8, 4) is 5.75 Å². The molecule has 0 fully saturated rings. The molecule has 0 heterocycles. The first-order chi connectivity index (χ1) is 19.6. The summed E-state index contributed by atoms with van der Waals surface area (Å²) in [5.41, 5.74) is 1.84. The van der Waals surface area contributed by atoms with Gasteiger partial charge in [0.25, 0.3) is 10.0 Å². The van der Waals surface area contributed by atoms with Crippen molar-refractivity contribution in [1.29, 1.82) is 0 Å². The molecule has 1 atom stereocenters. The molecule has 0 aliphatic carbocycles. The Balaban J connectivity index is 2.04. The van der Waals surface area contributed by atoms with E-state index >= 15 is 0 Å². The van der Waals surface area contributed by atoms with E-state index < -0.39 is 28.5 Å². The van der Waals surface area contributed by atoms with Crippen LogP contribution in [0.3, 0.4) is 0 Å². The van der Waals surface area contributed by atoms with Gasteiger partial charge in [-0.1, -0.05) is 73.8 Å². The molecule has 0 aromatic heterocycles. The zero-order chi connectivity index (χ0) is 30.0. The summed E-state index contributed by atoms with van der Waals surface area (Å²) in [4.78, 5) is 28.8. The molecule has 0 aliphatic heterocycles. The van der Waals surface area contributed by atoms with Gasteiger partial charge in [-0.15, -0.1) is 0 Å². The Hall–Kier alpha value is -3.56. The number of para-hydroxylation sites is 1. The van der Waals surface area contributed by atoms with E-state index in [-0.39, 0.29) is 28.1 Å². The number of hydrogen-bond donors (Lipinski definition) is 1. The van der Waals surface area contributed by atoms with Crippen LogP contribution in [0.25, 0.3) is 0 Å². The maximum absolute atomic E-state index is 14.1. The second kappa shape index (κ2) is 14.9. The molecule has 0 bridgehead atoms. The van der Waals surface area contributed by atoms with Crippen LogP contribution in [-0.2, 0) is 26.2 Å². The van der Waals surface area contributed by atoms with Crippen molar-refractivity contribution in [2.75, 3.05) is 24.5 Å². The van der Waals surface area contributed by atoms with Crippen LogP contribution in [0.15, 0.2) is 77.7 Å². The van der Waals surface area contributed by atoms with Crippen molar-refractivity contribution >= 4 is 39.1 Å². The quantitative estimate of drug-likeness (QED) is 0.244. The number of nitrogens with one attached hydrogen (secondary N) is 1. The van der Waals surface area contributed by atoms with Gasteiger partial charge in [-0.05, 0) is 61.7 Å². The lowest BCUT2D eigenvalue weighted by molar-refractivity contribution is -0.140. The summed E-state index contributed by atoms with van der Waals surface area (Å²) in [5, 5.41) is 3.11. The van der Waals surface area contributed by atoms with Crippen LogP contribution in [0.5, 0.6) is 5.75 Å². The lowest BCUT2D eigenvalue weighted by Crippen LogP contribution is -2.52. The second-order valence-electron chi connectivity index (χ2n) is 9.71. The van der Waals surface area contributed by atoms with Gasteiger partial charge in [0.1, 0.15) is 18.3 Å². The molecule has 1 N–H and O–H groups in total. The number of methoxy groups -OCH3 is 1. The number of unbranched alkanes of at least 4 members (excludes halogenated alkanes) is 1. The molecule has 0 radical (unpaired) electrons. The van der Waals surface area contributed by atoms with Gasteiger partial charge in [0.05, 0.1) is 22.7 Å². The molecule has 0 saturated heterocycles. The number of amides is 2. The number of carbonyl (C=O) groups excluding carboxylic acids is 2. The largest absolute Gasteiger partial charge is 0.497 e. The van der Waals surface area contributed by atoms with Crippen LogP contribution in [0.1, 0.15) is 44.2 Å². The molecule has 0 aliphatic rings. The van der Waals surface area contributed by atoms with Gasteiger partial charge < -0.3 is 15.0 Å². The Morgan fingerprint density at radius 1 is 0.976 bits per heavy atom. The van der Waals surface area contributed by atoms with Gasteiger partial charge in [0, 0.05) is 13.1 Å². The number of anilines is 1. The molecule has 10 heteroatoms. The summed E-state index contributed by atoms with van der Waals surface area (Å²) in [6, 6.07) is 19.3. The molecular weight excluding hydrogens is 562 g/mol. The number of ether oxygens (including phenoxy) is 1. The number of carbonyl (C=O) groups is 2. The predicted octanol–water partition coefficient (Wildman–Crippen LogP) is 5.58. The van der Waals surface area contributed by atoms with E-state index in [1.165, 1.54) is 17.0 Å². The van der Waals surface area contributed by atoms with E-state index in [1.807, 2.05) is 32.9 Å². The van der Waals surface area contributed by atoms with Gasteiger partial charge >= 0.3 is 0 Å². The highest BCUT2D eigenvalue weighted by Gasteiger charge is 2.34. The molecule has 3 rings (SSSR count). The summed E-state index contributed by atoms with van der Waals surface area (Å²) in [7, 11) is -2.62. The Labute approximate surface area is 248 Å². The van der Waals surface area contributed by atoms with Gasteiger partial charge in [-0.25, -0.2) is 8.42 Å². The lowest BCUT2D eigenvalue weighted by atomic mass is 10.1. The lowest BCUT2D eigenvalue weighted by Gasteiger charge is -2.33. The van der Waals surface area contributed by atoms with Crippen LogP contribution in [0, 0.1) is 6.92 Å². The molecule has 0 saturated carbocycles. The molecule has 0 unspecified atom stereocenters. The Morgan fingerprint density at radius 2 is 1.63 bits per heavy atom. The van der Waals surface area contributed by atoms with Crippen molar-refractivity contribution in [3.63, 3.8) is 0 Å². The maximum atomic E-state index is 14.1. The fourth-order valence-electron chi connectivity index (χ4n) is 4.36. The fraction of sp³-hybridized carbons (Fsp3) is 0.355. The van der Waals surface area contributed by atoms with E-state index in [0.717, 1.165) is 28.3 Å². The molecule has 3 aromatic carbocycles. The Kier molecular flexibility index (Phi) is 11.6. The van der Waals surface area contributed by atoms with Gasteiger partial charge in [-0.2, -0.15) is 0 Å². The average molecular weight is 600 g/mol. The molecule has 3 aromatic rings. The summed E-state index contributed by atoms with van der Waals surface area (Å²) in [6.45, 7) is 5.76. The average Bonchev–Trinajstić information content (AvgIpc) is 2.96. The number of halogens is 1. The highest BCUT2D eigenvalue weighted by molar-refractivity contribution is 7.92. The summed E-state index contributed by atoms with van der Waals surface area (Å²) >= 11 is 6.46. The maximum Gasteiger partial charge on any atom is 0.264 e. The third kappa shape index (κ3) is 8.24. The fourth-order valence-corrected chi connectivity index (χ4v) is 6.08. The van der Waals surface area contributed by atoms with Crippen LogP contribution in [0.4, 0.5) is 5.69 Å². The minimum Gasteiger partial charge on any atom is -0.497 e. The molecule has 8 nitrogen and oxygen atoms in total. The van der Waals surface area contributed by atoms with Crippen LogP contribution in [0.2, 0.25) is 5.02 Å². The van der Waals surface area contributed by atoms with Crippen molar-refractivity contribution in [2.45, 2.75) is 57.5 Å². The number of sulfonamides is 1. The smallest absolute Gasteiger partial charge is 0.264 e. The Morgan fingerprint density at radius 3 is 2.22 bits per heavy atom. The molecule has 0 spiro atoms. The van der Waals surface area contributed by atoms with Crippen molar-refractivity contribution in [3.05, 3.63) is 88.9 Å². The SMILES string of the molecule is CCCCNC(=O)[C@H](CC)N(Cc1ccc(OC)cc1)C(=O)CN(c1ccccc1Cl)S(=O)(=O)c1ccc(C)cc1. The van der Waals surface area contributed by atoms with Gasteiger partial charge in [0.2, 0.25) is 11.8 Å². The first kappa shape index (κ1) is 32.0. The minimum atomic E-state index is -4.19. The third-order valence-electron chi connectivity index (χ3n) is 6.74. The van der Waals surface area contributed by atoms with Gasteiger partial charge in [-0.3, -0.25) is 13.9 Å². The number of hydrogen-bond acceptors (Lipinski definition) is 5. The Bertz CT molecular complexity index is 1410. The van der Waals surface area contributed by atoms with Crippen LogP contribution < -0.4 is 14.4 Å². The van der Waals surface area contributed by atoms with Crippen molar-refractivity contribution in [1.82, 2.24) is 10.2 Å². The molecule has 220 valence electrons. The van der Waals surface area contributed by atoms with Crippen LogP contribution in [-0.4, -0.2) is 51.4 Å². The van der Waals surface area contributed by atoms with E-state index in [1.54, 1.807) is 55.6 Å². The number of aryl methyl sites for hydroxylation is 1.